The van der Waals surface area contributed by atoms with Gasteiger partial charge in [0.2, 0.25) is 0 Å². The van der Waals surface area contributed by atoms with E-state index in [-0.39, 0.29) is 6.04 Å². The van der Waals surface area contributed by atoms with Crippen molar-refractivity contribution in [1.82, 2.24) is 5.32 Å². The molecule has 2 unspecified atom stereocenters. The molecule has 0 aliphatic rings. The zero-order valence-corrected chi connectivity index (χ0v) is 13.6. The fourth-order valence-electron chi connectivity index (χ4n) is 2.59. The molecule has 2 atom stereocenters. The lowest BCUT2D eigenvalue weighted by molar-refractivity contribution is 0.392. The van der Waals surface area contributed by atoms with Crippen molar-refractivity contribution in [2.24, 2.45) is 0 Å². The van der Waals surface area contributed by atoms with Gasteiger partial charge in [0, 0.05) is 6.04 Å². The summed E-state index contributed by atoms with van der Waals surface area (Å²) in [5.74, 6) is 1.96. The van der Waals surface area contributed by atoms with Gasteiger partial charge in [0.25, 0.3) is 0 Å². The molecule has 0 saturated heterocycles. The highest BCUT2D eigenvalue weighted by Crippen LogP contribution is 2.21. The SMILES string of the molecule is CCCCc1ccc(C(C)NC(C)c2ccc(C)o2)cc1. The Morgan fingerprint density at radius 2 is 1.71 bits per heavy atom. The van der Waals surface area contributed by atoms with Gasteiger partial charge in [-0.15, -0.1) is 0 Å². The van der Waals surface area contributed by atoms with Gasteiger partial charge in [-0.05, 0) is 56.9 Å². The van der Waals surface area contributed by atoms with E-state index in [1.54, 1.807) is 0 Å². The van der Waals surface area contributed by atoms with Gasteiger partial charge in [-0.25, -0.2) is 0 Å². The number of unbranched alkanes of at least 4 members (excludes halogenated alkanes) is 1. The fourth-order valence-corrected chi connectivity index (χ4v) is 2.59. The molecule has 1 aromatic heterocycles. The first-order chi connectivity index (χ1) is 10.1. The minimum absolute atomic E-state index is 0.216. The van der Waals surface area contributed by atoms with Crippen molar-refractivity contribution >= 4 is 0 Å². The summed E-state index contributed by atoms with van der Waals surface area (Å²) in [6.07, 6.45) is 3.70. The highest BCUT2D eigenvalue weighted by Gasteiger charge is 2.13. The van der Waals surface area contributed by atoms with Crippen LogP contribution in [0.2, 0.25) is 0 Å². The Bertz CT molecular complexity index is 541. The van der Waals surface area contributed by atoms with E-state index >= 15 is 0 Å². The molecule has 1 N–H and O–H groups in total. The Morgan fingerprint density at radius 3 is 2.29 bits per heavy atom. The molecule has 2 aromatic rings. The Balaban J connectivity index is 1.94. The van der Waals surface area contributed by atoms with Gasteiger partial charge in [0.05, 0.1) is 6.04 Å². The van der Waals surface area contributed by atoms with Crippen LogP contribution in [0.3, 0.4) is 0 Å². The third kappa shape index (κ3) is 4.47. The quantitative estimate of drug-likeness (QED) is 0.742. The number of hydrogen-bond donors (Lipinski definition) is 1. The average Bonchev–Trinajstić information content (AvgIpc) is 2.92. The zero-order chi connectivity index (χ0) is 15.2. The van der Waals surface area contributed by atoms with Crippen LogP contribution in [0.25, 0.3) is 0 Å². The van der Waals surface area contributed by atoms with Crippen LogP contribution in [0.4, 0.5) is 0 Å². The zero-order valence-electron chi connectivity index (χ0n) is 13.6. The van der Waals surface area contributed by atoms with E-state index in [0.29, 0.717) is 6.04 Å². The lowest BCUT2D eigenvalue weighted by Crippen LogP contribution is -2.22. The van der Waals surface area contributed by atoms with Crippen molar-refractivity contribution in [2.75, 3.05) is 0 Å². The van der Waals surface area contributed by atoms with Crippen molar-refractivity contribution in [2.45, 2.75) is 59.0 Å². The van der Waals surface area contributed by atoms with Crippen molar-refractivity contribution in [1.29, 1.82) is 0 Å². The summed E-state index contributed by atoms with van der Waals surface area (Å²) < 4.78 is 5.68. The highest BCUT2D eigenvalue weighted by atomic mass is 16.3. The second-order valence-corrected chi connectivity index (χ2v) is 5.90. The number of furan rings is 1. The van der Waals surface area contributed by atoms with Gasteiger partial charge in [0.1, 0.15) is 11.5 Å². The minimum Gasteiger partial charge on any atom is -0.465 e. The van der Waals surface area contributed by atoms with Gasteiger partial charge in [-0.2, -0.15) is 0 Å². The van der Waals surface area contributed by atoms with E-state index in [1.165, 1.54) is 30.4 Å². The molecule has 0 fully saturated rings. The molecule has 1 heterocycles. The van der Waals surface area contributed by atoms with Crippen LogP contribution < -0.4 is 5.32 Å². The third-order valence-corrected chi connectivity index (χ3v) is 3.99. The Morgan fingerprint density at radius 1 is 1.00 bits per heavy atom. The normalized spacial score (nSPS) is 14.1. The molecule has 2 nitrogen and oxygen atoms in total. The maximum atomic E-state index is 5.68. The molecule has 0 amide bonds. The molecule has 0 spiro atoms. The number of aryl methyl sites for hydroxylation is 2. The second kappa shape index (κ2) is 7.46. The van der Waals surface area contributed by atoms with E-state index in [2.05, 4.69) is 50.4 Å². The predicted octanol–water partition coefficient (Wildman–Crippen LogP) is 5.34. The van der Waals surface area contributed by atoms with Gasteiger partial charge >= 0.3 is 0 Å². The molecule has 0 aliphatic heterocycles. The Hall–Kier alpha value is -1.54. The monoisotopic (exact) mass is 285 g/mol. The van der Waals surface area contributed by atoms with E-state index in [0.717, 1.165) is 11.5 Å². The molecule has 21 heavy (non-hydrogen) atoms. The van der Waals surface area contributed by atoms with E-state index in [1.807, 2.05) is 19.1 Å². The Labute approximate surface area is 128 Å². The number of rotatable bonds is 7. The fraction of sp³-hybridized carbons (Fsp3) is 0.474. The first-order valence-corrected chi connectivity index (χ1v) is 8.01. The van der Waals surface area contributed by atoms with Gasteiger partial charge in [-0.3, -0.25) is 0 Å². The van der Waals surface area contributed by atoms with Crippen molar-refractivity contribution < 1.29 is 4.42 Å². The summed E-state index contributed by atoms with van der Waals surface area (Å²) in [5.41, 5.74) is 2.76. The number of hydrogen-bond acceptors (Lipinski definition) is 2. The highest BCUT2D eigenvalue weighted by molar-refractivity contribution is 5.25. The third-order valence-electron chi connectivity index (χ3n) is 3.99. The molecular weight excluding hydrogens is 258 g/mol. The number of benzene rings is 1. The minimum atomic E-state index is 0.216. The first kappa shape index (κ1) is 15.8. The maximum absolute atomic E-state index is 5.68. The largest absolute Gasteiger partial charge is 0.465 e. The summed E-state index contributed by atoms with van der Waals surface area (Å²) in [6.45, 7) is 8.56. The molecule has 0 aliphatic carbocycles. The van der Waals surface area contributed by atoms with Crippen LogP contribution in [-0.2, 0) is 6.42 Å². The number of nitrogens with one attached hydrogen (secondary N) is 1. The van der Waals surface area contributed by atoms with E-state index in [9.17, 15) is 0 Å². The molecule has 0 saturated carbocycles. The summed E-state index contributed by atoms with van der Waals surface area (Å²) in [5, 5.41) is 3.59. The average molecular weight is 285 g/mol. The smallest absolute Gasteiger partial charge is 0.120 e. The molecule has 0 radical (unpaired) electrons. The van der Waals surface area contributed by atoms with E-state index in [4.69, 9.17) is 4.42 Å². The molecular formula is C19H27NO. The lowest BCUT2D eigenvalue weighted by Gasteiger charge is -2.19. The molecule has 2 heteroatoms. The van der Waals surface area contributed by atoms with Crippen LogP contribution >= 0.6 is 0 Å². The molecule has 0 bridgehead atoms. The topological polar surface area (TPSA) is 25.2 Å². The summed E-state index contributed by atoms with van der Waals surface area (Å²) in [6, 6.07) is 13.6. The van der Waals surface area contributed by atoms with Crippen LogP contribution in [0, 0.1) is 6.92 Å². The second-order valence-electron chi connectivity index (χ2n) is 5.90. The van der Waals surface area contributed by atoms with Crippen LogP contribution in [0.15, 0.2) is 40.8 Å². The van der Waals surface area contributed by atoms with Gasteiger partial charge < -0.3 is 9.73 Å². The molecule has 114 valence electrons. The molecule has 2 rings (SSSR count). The predicted molar refractivity (Wildman–Crippen MR) is 88.5 cm³/mol. The van der Waals surface area contributed by atoms with Crippen LogP contribution in [-0.4, -0.2) is 0 Å². The first-order valence-electron chi connectivity index (χ1n) is 8.01. The summed E-state index contributed by atoms with van der Waals surface area (Å²) >= 11 is 0. The summed E-state index contributed by atoms with van der Waals surface area (Å²) in [7, 11) is 0. The Kier molecular flexibility index (Phi) is 5.63. The van der Waals surface area contributed by atoms with Gasteiger partial charge in [0.15, 0.2) is 0 Å². The maximum Gasteiger partial charge on any atom is 0.120 e. The summed E-state index contributed by atoms with van der Waals surface area (Å²) in [4.78, 5) is 0. The van der Waals surface area contributed by atoms with Crippen molar-refractivity contribution in [3.63, 3.8) is 0 Å². The van der Waals surface area contributed by atoms with Gasteiger partial charge in [-0.1, -0.05) is 37.6 Å². The van der Waals surface area contributed by atoms with Crippen molar-refractivity contribution in [3.8, 4) is 0 Å². The standard InChI is InChI=1S/C19H27NO/c1-5-6-7-17-9-11-18(12-10-17)15(3)20-16(4)19-13-8-14(2)21-19/h8-13,15-16,20H,5-7H2,1-4H3. The van der Waals surface area contributed by atoms with Crippen molar-refractivity contribution in [3.05, 3.63) is 59.0 Å². The van der Waals surface area contributed by atoms with Crippen LogP contribution in [0.5, 0.6) is 0 Å². The lowest BCUT2D eigenvalue weighted by atomic mass is 10.0. The van der Waals surface area contributed by atoms with Crippen LogP contribution in [0.1, 0.15) is 68.3 Å². The molecule has 1 aromatic carbocycles. The van der Waals surface area contributed by atoms with E-state index < -0.39 is 0 Å².